The monoisotopic (exact) mass is 337 g/mol. The molecule has 1 atom stereocenters. The number of hydrogen-bond acceptors (Lipinski definition) is 4. The van der Waals surface area contributed by atoms with Gasteiger partial charge in [-0.3, -0.25) is 9.59 Å². The molecule has 1 heterocycles. The number of methoxy groups -OCH3 is 1. The molecule has 1 fully saturated rings. The zero-order valence-corrected chi connectivity index (χ0v) is 14.9. The molecule has 1 aromatic rings. The SMILES string of the molecule is COC(=O)C(C)CN(C(=O)Cc1cccs1)C1CCCCCC1. The fourth-order valence-electron chi connectivity index (χ4n) is 3.26. The van der Waals surface area contributed by atoms with Gasteiger partial charge in [0.05, 0.1) is 19.4 Å². The number of hydrogen-bond donors (Lipinski definition) is 0. The number of nitrogens with zero attached hydrogens (tertiary/aromatic N) is 1. The topological polar surface area (TPSA) is 46.6 Å². The minimum absolute atomic E-state index is 0.134. The third kappa shape index (κ3) is 5.34. The van der Waals surface area contributed by atoms with Crippen LogP contribution >= 0.6 is 11.3 Å². The molecule has 0 aliphatic heterocycles. The maximum Gasteiger partial charge on any atom is 0.310 e. The Bertz CT molecular complexity index is 492. The molecular weight excluding hydrogens is 310 g/mol. The summed E-state index contributed by atoms with van der Waals surface area (Å²) in [4.78, 5) is 27.7. The zero-order valence-electron chi connectivity index (χ0n) is 14.1. The van der Waals surface area contributed by atoms with E-state index >= 15 is 0 Å². The first-order valence-corrected chi connectivity index (χ1v) is 9.39. The van der Waals surface area contributed by atoms with E-state index in [1.165, 1.54) is 32.8 Å². The molecule has 5 heteroatoms. The molecule has 0 radical (unpaired) electrons. The molecule has 1 aromatic heterocycles. The van der Waals surface area contributed by atoms with Crippen molar-refractivity contribution in [3.8, 4) is 0 Å². The Labute approximate surface area is 142 Å². The van der Waals surface area contributed by atoms with E-state index < -0.39 is 0 Å². The van der Waals surface area contributed by atoms with Crippen molar-refractivity contribution in [3.63, 3.8) is 0 Å². The predicted octanol–water partition coefficient (Wildman–Crippen LogP) is 3.65. The fourth-order valence-corrected chi connectivity index (χ4v) is 3.95. The molecule has 0 spiro atoms. The van der Waals surface area contributed by atoms with E-state index in [4.69, 9.17) is 4.74 Å². The largest absolute Gasteiger partial charge is 0.469 e. The van der Waals surface area contributed by atoms with Crippen LogP contribution in [0.1, 0.15) is 50.3 Å². The molecule has 1 aliphatic carbocycles. The second-order valence-electron chi connectivity index (χ2n) is 6.37. The molecule has 2 rings (SSSR count). The molecule has 0 aromatic carbocycles. The van der Waals surface area contributed by atoms with Crippen LogP contribution in [0.4, 0.5) is 0 Å². The molecule has 1 unspecified atom stereocenters. The lowest BCUT2D eigenvalue weighted by atomic mass is 10.0. The first-order chi connectivity index (χ1) is 11.1. The quantitative estimate of drug-likeness (QED) is 0.588. The molecule has 1 saturated carbocycles. The summed E-state index contributed by atoms with van der Waals surface area (Å²) < 4.78 is 4.84. The molecular formula is C18H27NO3S. The van der Waals surface area contributed by atoms with Crippen molar-refractivity contribution >= 4 is 23.2 Å². The molecule has 0 N–H and O–H groups in total. The summed E-state index contributed by atoms with van der Waals surface area (Å²) in [7, 11) is 1.41. The van der Waals surface area contributed by atoms with Crippen LogP contribution in [-0.4, -0.2) is 36.5 Å². The summed E-state index contributed by atoms with van der Waals surface area (Å²) in [5, 5.41) is 2.00. The predicted molar refractivity (Wildman–Crippen MR) is 92.4 cm³/mol. The molecule has 23 heavy (non-hydrogen) atoms. The Hall–Kier alpha value is -1.36. The van der Waals surface area contributed by atoms with Crippen molar-refractivity contribution < 1.29 is 14.3 Å². The van der Waals surface area contributed by atoms with Crippen molar-refractivity contribution in [3.05, 3.63) is 22.4 Å². The maximum absolute atomic E-state index is 12.8. The average Bonchev–Trinajstić information content (AvgIpc) is 2.91. The van der Waals surface area contributed by atoms with E-state index in [0.29, 0.717) is 13.0 Å². The smallest absolute Gasteiger partial charge is 0.310 e. The van der Waals surface area contributed by atoms with Gasteiger partial charge in [-0.05, 0) is 24.3 Å². The van der Waals surface area contributed by atoms with Crippen molar-refractivity contribution in [2.45, 2.75) is 57.9 Å². The molecule has 4 nitrogen and oxygen atoms in total. The Morgan fingerprint density at radius 1 is 1.30 bits per heavy atom. The van der Waals surface area contributed by atoms with Crippen molar-refractivity contribution in [2.75, 3.05) is 13.7 Å². The molecule has 0 bridgehead atoms. The number of amides is 1. The Balaban J connectivity index is 2.08. The highest BCUT2D eigenvalue weighted by molar-refractivity contribution is 7.10. The third-order valence-electron chi connectivity index (χ3n) is 4.57. The van der Waals surface area contributed by atoms with E-state index in [-0.39, 0.29) is 23.8 Å². The van der Waals surface area contributed by atoms with Gasteiger partial charge in [0.15, 0.2) is 0 Å². The van der Waals surface area contributed by atoms with Crippen LogP contribution in [0.3, 0.4) is 0 Å². The van der Waals surface area contributed by atoms with E-state index in [0.717, 1.165) is 17.7 Å². The minimum atomic E-state index is -0.282. The highest BCUT2D eigenvalue weighted by atomic mass is 32.1. The summed E-state index contributed by atoms with van der Waals surface area (Å²) in [6, 6.07) is 4.23. The standard InChI is InChI=1S/C18H27NO3S/c1-14(18(21)22-2)13-19(15-8-5-3-4-6-9-15)17(20)12-16-10-7-11-23-16/h7,10-11,14-15H,3-6,8-9,12-13H2,1-2H3. The molecule has 1 aliphatic rings. The highest BCUT2D eigenvalue weighted by Gasteiger charge is 2.28. The second-order valence-corrected chi connectivity index (χ2v) is 7.40. The van der Waals surface area contributed by atoms with Gasteiger partial charge >= 0.3 is 5.97 Å². The van der Waals surface area contributed by atoms with Crippen molar-refractivity contribution in [1.29, 1.82) is 0 Å². The van der Waals surface area contributed by atoms with Gasteiger partial charge < -0.3 is 9.64 Å². The zero-order chi connectivity index (χ0) is 16.7. The highest BCUT2D eigenvalue weighted by Crippen LogP contribution is 2.24. The number of carbonyl (C=O) groups is 2. The molecule has 0 saturated heterocycles. The lowest BCUT2D eigenvalue weighted by Crippen LogP contribution is -2.44. The van der Waals surface area contributed by atoms with Crippen LogP contribution in [0.25, 0.3) is 0 Å². The number of rotatable bonds is 6. The van der Waals surface area contributed by atoms with Crippen LogP contribution < -0.4 is 0 Å². The van der Waals surface area contributed by atoms with E-state index in [2.05, 4.69) is 0 Å². The normalized spacial score (nSPS) is 17.3. The van der Waals surface area contributed by atoms with Crippen LogP contribution in [0.2, 0.25) is 0 Å². The van der Waals surface area contributed by atoms with Crippen molar-refractivity contribution in [1.82, 2.24) is 4.90 Å². The number of esters is 1. The van der Waals surface area contributed by atoms with Gasteiger partial charge in [0.1, 0.15) is 0 Å². The van der Waals surface area contributed by atoms with Crippen LogP contribution in [0, 0.1) is 5.92 Å². The summed E-state index contributed by atoms with van der Waals surface area (Å²) in [5.41, 5.74) is 0. The Kier molecular flexibility index (Phi) is 7.09. The van der Waals surface area contributed by atoms with Crippen LogP contribution in [0.5, 0.6) is 0 Å². The number of carbonyl (C=O) groups excluding carboxylic acids is 2. The van der Waals surface area contributed by atoms with Gasteiger partial charge in [-0.25, -0.2) is 0 Å². The van der Waals surface area contributed by atoms with E-state index in [1.54, 1.807) is 11.3 Å². The van der Waals surface area contributed by atoms with E-state index in [9.17, 15) is 9.59 Å². The van der Waals surface area contributed by atoms with Gasteiger partial charge in [-0.15, -0.1) is 11.3 Å². The third-order valence-corrected chi connectivity index (χ3v) is 5.44. The summed E-state index contributed by atoms with van der Waals surface area (Å²) in [6.45, 7) is 2.30. The van der Waals surface area contributed by atoms with E-state index in [1.807, 2.05) is 29.3 Å². The maximum atomic E-state index is 12.8. The summed E-state index contributed by atoms with van der Waals surface area (Å²) >= 11 is 1.61. The summed E-state index contributed by atoms with van der Waals surface area (Å²) in [6.07, 6.45) is 7.35. The first kappa shape index (κ1) is 18.0. The Morgan fingerprint density at radius 2 is 2.00 bits per heavy atom. The second kappa shape index (κ2) is 9.06. The lowest BCUT2D eigenvalue weighted by molar-refractivity contribution is -0.147. The lowest BCUT2D eigenvalue weighted by Gasteiger charge is -2.33. The van der Waals surface area contributed by atoms with Gasteiger partial charge in [-0.2, -0.15) is 0 Å². The van der Waals surface area contributed by atoms with Crippen LogP contribution in [0.15, 0.2) is 17.5 Å². The number of thiophene rings is 1. The first-order valence-electron chi connectivity index (χ1n) is 8.51. The average molecular weight is 337 g/mol. The van der Waals surface area contributed by atoms with Crippen molar-refractivity contribution in [2.24, 2.45) is 5.92 Å². The molecule has 128 valence electrons. The minimum Gasteiger partial charge on any atom is -0.469 e. The molecule has 1 amide bonds. The van der Waals surface area contributed by atoms with Gasteiger partial charge in [0, 0.05) is 17.5 Å². The Morgan fingerprint density at radius 3 is 2.57 bits per heavy atom. The fraction of sp³-hybridized carbons (Fsp3) is 0.667. The van der Waals surface area contributed by atoms with Crippen LogP contribution in [-0.2, 0) is 20.7 Å². The van der Waals surface area contributed by atoms with Gasteiger partial charge in [0.25, 0.3) is 0 Å². The van der Waals surface area contributed by atoms with Gasteiger partial charge in [0.2, 0.25) is 5.91 Å². The summed E-state index contributed by atoms with van der Waals surface area (Å²) in [5.74, 6) is -0.391. The van der Waals surface area contributed by atoms with Gasteiger partial charge in [-0.1, -0.05) is 38.7 Å². The number of ether oxygens (including phenoxy) is 1.